The molecule has 0 bridgehead atoms. The van der Waals surface area contributed by atoms with Gasteiger partial charge >= 0.3 is 0 Å². The fourth-order valence-corrected chi connectivity index (χ4v) is 2.71. The first-order valence-electron chi connectivity index (χ1n) is 7.48. The zero-order chi connectivity index (χ0) is 15.6. The van der Waals surface area contributed by atoms with Crippen molar-refractivity contribution in [1.29, 1.82) is 0 Å². The minimum atomic E-state index is -0.280. The largest absolute Gasteiger partial charge is 0.492 e. The zero-order valence-corrected chi connectivity index (χ0v) is 12.4. The van der Waals surface area contributed by atoms with Crippen molar-refractivity contribution < 1.29 is 13.9 Å². The number of rotatable bonds is 4. The van der Waals surface area contributed by atoms with Crippen LogP contribution in [0.1, 0.15) is 11.1 Å². The van der Waals surface area contributed by atoms with E-state index in [0.717, 1.165) is 23.4 Å². The smallest absolute Gasteiger partial charge is 0.233 e. The summed E-state index contributed by atoms with van der Waals surface area (Å²) in [6, 6.07) is 14.4. The average molecular weight is 310 g/mol. The maximum Gasteiger partial charge on any atom is 0.233 e. The summed E-state index contributed by atoms with van der Waals surface area (Å²) in [5, 5.41) is 7.09. The molecule has 0 radical (unpaired) electrons. The number of hydrogen-bond donors (Lipinski definition) is 1. The van der Waals surface area contributed by atoms with Gasteiger partial charge in [-0.05, 0) is 17.7 Å². The summed E-state index contributed by atoms with van der Waals surface area (Å²) in [7, 11) is 0. The van der Waals surface area contributed by atoms with Gasteiger partial charge in [0.05, 0.1) is 12.3 Å². The van der Waals surface area contributed by atoms with Gasteiger partial charge in [-0.3, -0.25) is 5.10 Å². The minimum absolute atomic E-state index is 0.139. The molecule has 1 aliphatic rings. The van der Waals surface area contributed by atoms with E-state index in [1.54, 1.807) is 24.3 Å². The molecule has 2 heterocycles. The van der Waals surface area contributed by atoms with Crippen LogP contribution >= 0.6 is 0 Å². The fourth-order valence-electron chi connectivity index (χ4n) is 2.71. The Morgan fingerprint density at radius 1 is 1.17 bits per heavy atom. The monoisotopic (exact) mass is 310 g/mol. The summed E-state index contributed by atoms with van der Waals surface area (Å²) in [6.07, 6.45) is 0.925. The van der Waals surface area contributed by atoms with Gasteiger partial charge in [-0.1, -0.05) is 30.3 Å². The van der Waals surface area contributed by atoms with Gasteiger partial charge < -0.3 is 9.47 Å². The van der Waals surface area contributed by atoms with Crippen LogP contribution in [0.15, 0.2) is 48.5 Å². The van der Waals surface area contributed by atoms with Crippen molar-refractivity contribution in [3.63, 3.8) is 0 Å². The van der Waals surface area contributed by atoms with Crippen LogP contribution in [0.3, 0.4) is 0 Å². The number of ether oxygens (including phenoxy) is 2. The Labute approximate surface area is 132 Å². The number of para-hydroxylation sites is 1. The van der Waals surface area contributed by atoms with E-state index in [1.165, 1.54) is 11.6 Å². The first kappa shape index (κ1) is 13.8. The molecule has 4 nitrogen and oxygen atoms in total. The number of halogens is 1. The molecule has 0 aliphatic carbocycles. The third-order valence-electron chi connectivity index (χ3n) is 3.89. The first-order chi connectivity index (χ1) is 11.3. The zero-order valence-electron chi connectivity index (χ0n) is 12.4. The van der Waals surface area contributed by atoms with Crippen LogP contribution in [-0.2, 0) is 13.0 Å². The summed E-state index contributed by atoms with van der Waals surface area (Å²) >= 11 is 0. The molecular weight excluding hydrogens is 295 g/mol. The molecule has 23 heavy (non-hydrogen) atoms. The van der Waals surface area contributed by atoms with Crippen LogP contribution in [0.2, 0.25) is 0 Å². The molecule has 0 amide bonds. The Hall–Kier alpha value is -2.82. The third-order valence-corrected chi connectivity index (χ3v) is 3.89. The highest BCUT2D eigenvalue weighted by Gasteiger charge is 2.18. The average Bonchev–Trinajstić information content (AvgIpc) is 3.23. The topological polar surface area (TPSA) is 47.1 Å². The highest BCUT2D eigenvalue weighted by Crippen LogP contribution is 2.36. The highest BCUT2D eigenvalue weighted by molar-refractivity contribution is 5.70. The number of aromatic nitrogens is 2. The van der Waals surface area contributed by atoms with Crippen molar-refractivity contribution in [3.8, 4) is 22.9 Å². The third kappa shape index (κ3) is 2.65. The first-order valence-corrected chi connectivity index (χ1v) is 7.48. The second-order valence-electron chi connectivity index (χ2n) is 5.39. The molecule has 1 N–H and O–H groups in total. The van der Waals surface area contributed by atoms with Gasteiger partial charge in [-0.15, -0.1) is 5.10 Å². The number of aromatic amines is 1. The second kappa shape index (κ2) is 5.76. The van der Waals surface area contributed by atoms with Gasteiger partial charge in [0.2, 0.25) is 5.88 Å². The molecular formula is C18H15FN2O2. The summed E-state index contributed by atoms with van der Waals surface area (Å²) < 4.78 is 24.9. The molecule has 5 heteroatoms. The Morgan fingerprint density at radius 3 is 3.00 bits per heavy atom. The molecule has 0 fully saturated rings. The van der Waals surface area contributed by atoms with E-state index in [1.807, 2.05) is 12.1 Å². The molecule has 0 atom stereocenters. The Balaban J connectivity index is 1.54. The second-order valence-corrected chi connectivity index (χ2v) is 5.39. The van der Waals surface area contributed by atoms with E-state index in [2.05, 4.69) is 16.3 Å². The maximum atomic E-state index is 13.6. The van der Waals surface area contributed by atoms with Crippen molar-refractivity contribution in [2.75, 3.05) is 6.61 Å². The van der Waals surface area contributed by atoms with Crippen molar-refractivity contribution in [3.05, 3.63) is 65.5 Å². The highest BCUT2D eigenvalue weighted by atomic mass is 19.1. The Morgan fingerprint density at radius 2 is 2.09 bits per heavy atom. The predicted molar refractivity (Wildman–Crippen MR) is 84.0 cm³/mol. The van der Waals surface area contributed by atoms with Gasteiger partial charge in [-0.25, -0.2) is 4.39 Å². The predicted octanol–water partition coefficient (Wildman–Crippen LogP) is 3.73. The van der Waals surface area contributed by atoms with E-state index in [0.29, 0.717) is 18.1 Å². The maximum absolute atomic E-state index is 13.6. The summed E-state index contributed by atoms with van der Waals surface area (Å²) in [5.41, 5.74) is 3.49. The molecule has 0 unspecified atom stereocenters. The molecule has 116 valence electrons. The number of benzene rings is 2. The SMILES string of the molecule is Fc1ccccc1COc1cc(-c2cccc3c2OCC3)[nH]n1. The van der Waals surface area contributed by atoms with Crippen molar-refractivity contribution >= 4 is 0 Å². The van der Waals surface area contributed by atoms with Crippen LogP contribution < -0.4 is 9.47 Å². The number of nitrogens with one attached hydrogen (secondary N) is 1. The van der Waals surface area contributed by atoms with E-state index in [-0.39, 0.29) is 12.4 Å². The van der Waals surface area contributed by atoms with E-state index in [4.69, 9.17) is 9.47 Å². The lowest BCUT2D eigenvalue weighted by Gasteiger charge is -2.05. The summed E-state index contributed by atoms with van der Waals surface area (Å²) in [4.78, 5) is 0. The molecule has 0 spiro atoms. The standard InChI is InChI=1S/C18H15FN2O2/c19-15-7-2-1-4-13(15)11-23-17-10-16(20-21-17)14-6-3-5-12-8-9-22-18(12)14/h1-7,10H,8-9,11H2,(H,20,21). The molecule has 3 aromatic rings. The fraction of sp³-hybridized carbons (Fsp3) is 0.167. The number of hydrogen-bond acceptors (Lipinski definition) is 3. The Bertz CT molecular complexity index is 845. The molecule has 1 aromatic heterocycles. The van der Waals surface area contributed by atoms with E-state index < -0.39 is 0 Å². The quantitative estimate of drug-likeness (QED) is 0.798. The Kier molecular flexibility index (Phi) is 3.46. The van der Waals surface area contributed by atoms with Gasteiger partial charge in [0.15, 0.2) is 0 Å². The van der Waals surface area contributed by atoms with E-state index in [9.17, 15) is 4.39 Å². The summed E-state index contributed by atoms with van der Waals surface area (Å²) in [6.45, 7) is 0.845. The van der Waals surface area contributed by atoms with Gasteiger partial charge in [0, 0.05) is 23.6 Å². The molecule has 0 saturated carbocycles. The number of H-pyrrole nitrogens is 1. The van der Waals surface area contributed by atoms with Gasteiger partial charge in [-0.2, -0.15) is 0 Å². The van der Waals surface area contributed by atoms with Crippen molar-refractivity contribution in [2.24, 2.45) is 0 Å². The van der Waals surface area contributed by atoms with Crippen LogP contribution in [0.25, 0.3) is 11.3 Å². The lowest BCUT2D eigenvalue weighted by molar-refractivity contribution is 0.287. The normalized spacial score (nSPS) is 12.7. The van der Waals surface area contributed by atoms with Gasteiger partial charge in [0.25, 0.3) is 0 Å². The van der Waals surface area contributed by atoms with Crippen LogP contribution in [0, 0.1) is 5.82 Å². The number of fused-ring (bicyclic) bond motifs is 1. The van der Waals surface area contributed by atoms with Crippen molar-refractivity contribution in [2.45, 2.75) is 13.0 Å². The molecule has 2 aromatic carbocycles. The molecule has 1 aliphatic heterocycles. The van der Waals surface area contributed by atoms with Crippen LogP contribution in [-0.4, -0.2) is 16.8 Å². The van der Waals surface area contributed by atoms with Crippen LogP contribution in [0.5, 0.6) is 11.6 Å². The van der Waals surface area contributed by atoms with E-state index >= 15 is 0 Å². The number of nitrogens with zero attached hydrogens (tertiary/aromatic N) is 1. The lowest BCUT2D eigenvalue weighted by atomic mass is 10.1. The molecule has 0 saturated heterocycles. The summed E-state index contributed by atoms with van der Waals surface area (Å²) in [5.74, 6) is 1.05. The van der Waals surface area contributed by atoms with Gasteiger partial charge in [0.1, 0.15) is 18.2 Å². The van der Waals surface area contributed by atoms with Crippen molar-refractivity contribution in [1.82, 2.24) is 10.2 Å². The lowest BCUT2D eigenvalue weighted by Crippen LogP contribution is -1.98. The molecule has 4 rings (SSSR count). The minimum Gasteiger partial charge on any atom is -0.492 e. The van der Waals surface area contributed by atoms with Crippen LogP contribution in [0.4, 0.5) is 4.39 Å².